The number of ether oxygens (including phenoxy) is 1. The van der Waals surface area contributed by atoms with Crippen LogP contribution in [-0.4, -0.2) is 49.7 Å². The first-order chi connectivity index (χ1) is 15.9. The van der Waals surface area contributed by atoms with Crippen LogP contribution in [0.4, 0.5) is 11.4 Å². The zero-order valence-corrected chi connectivity index (χ0v) is 18.6. The lowest BCUT2D eigenvalue weighted by molar-refractivity contribution is -0.132. The van der Waals surface area contributed by atoms with Crippen molar-refractivity contribution in [2.75, 3.05) is 30.8 Å². The third kappa shape index (κ3) is 4.89. The average molecular weight is 471 g/mol. The van der Waals surface area contributed by atoms with E-state index in [0.717, 1.165) is 12.8 Å². The minimum Gasteiger partial charge on any atom is -0.496 e. The van der Waals surface area contributed by atoms with Crippen LogP contribution < -0.4 is 15.4 Å². The summed E-state index contributed by atoms with van der Waals surface area (Å²) in [4.78, 5) is 28.7. The molecule has 1 saturated heterocycles. The molecule has 0 aliphatic carbocycles. The van der Waals surface area contributed by atoms with Gasteiger partial charge in [-0.3, -0.25) is 9.59 Å². The Morgan fingerprint density at radius 2 is 1.64 bits per heavy atom. The van der Waals surface area contributed by atoms with E-state index in [-0.39, 0.29) is 4.90 Å². The number of rotatable bonds is 6. The summed E-state index contributed by atoms with van der Waals surface area (Å²) in [6, 6.07) is 10.5. The van der Waals surface area contributed by atoms with E-state index in [2.05, 4.69) is 15.6 Å². The maximum absolute atomic E-state index is 12.6. The number of aromatic nitrogens is 1. The average Bonchev–Trinajstić information content (AvgIpc) is 3.54. The smallest absolute Gasteiger partial charge is 0.314 e. The Kier molecular flexibility index (Phi) is 6.43. The molecule has 1 aliphatic rings. The molecule has 1 fully saturated rings. The quantitative estimate of drug-likeness (QED) is 0.530. The molecule has 0 atom stereocenters. The Labute approximate surface area is 190 Å². The zero-order chi connectivity index (χ0) is 23.4. The van der Waals surface area contributed by atoms with E-state index in [9.17, 15) is 18.0 Å². The van der Waals surface area contributed by atoms with Crippen LogP contribution >= 0.6 is 0 Å². The molecule has 33 heavy (non-hydrogen) atoms. The highest BCUT2D eigenvalue weighted by Gasteiger charge is 2.27. The SMILES string of the molecule is COc1cc(NC(=O)C(=O)Nc2ccc(S(=O)(=O)N3CCCC3)cc2)ccc1-c1cnco1. The van der Waals surface area contributed by atoms with Crippen molar-refractivity contribution in [3.8, 4) is 17.1 Å². The first kappa shape index (κ1) is 22.5. The number of benzene rings is 2. The summed E-state index contributed by atoms with van der Waals surface area (Å²) >= 11 is 0. The number of methoxy groups -OCH3 is 1. The third-order valence-electron chi connectivity index (χ3n) is 5.18. The topological polar surface area (TPSA) is 131 Å². The highest BCUT2D eigenvalue weighted by Crippen LogP contribution is 2.32. The highest BCUT2D eigenvalue weighted by molar-refractivity contribution is 7.89. The fourth-order valence-electron chi connectivity index (χ4n) is 3.48. The van der Waals surface area contributed by atoms with Gasteiger partial charge in [0.05, 0.1) is 23.8 Å². The van der Waals surface area contributed by atoms with Crippen LogP contribution in [0.3, 0.4) is 0 Å². The zero-order valence-electron chi connectivity index (χ0n) is 17.8. The molecule has 3 aromatic rings. The summed E-state index contributed by atoms with van der Waals surface area (Å²) in [5, 5.41) is 4.96. The summed E-state index contributed by atoms with van der Waals surface area (Å²) in [6.45, 7) is 1.01. The van der Waals surface area contributed by atoms with Gasteiger partial charge in [-0.2, -0.15) is 4.31 Å². The first-order valence-electron chi connectivity index (χ1n) is 10.2. The van der Waals surface area contributed by atoms with Crippen LogP contribution in [0, 0.1) is 0 Å². The van der Waals surface area contributed by atoms with Crippen LogP contribution in [-0.2, 0) is 19.6 Å². The number of hydrogen-bond acceptors (Lipinski definition) is 7. The summed E-state index contributed by atoms with van der Waals surface area (Å²) in [5.74, 6) is -0.862. The number of hydrogen-bond donors (Lipinski definition) is 2. The monoisotopic (exact) mass is 470 g/mol. The van der Waals surface area contributed by atoms with E-state index < -0.39 is 21.8 Å². The summed E-state index contributed by atoms with van der Waals surface area (Å²) in [5.41, 5.74) is 1.29. The second-order valence-corrected chi connectivity index (χ2v) is 9.26. The van der Waals surface area contributed by atoms with Crippen molar-refractivity contribution in [1.29, 1.82) is 0 Å². The van der Waals surface area contributed by atoms with Gasteiger partial charge in [0.2, 0.25) is 10.0 Å². The number of carbonyl (C=O) groups excluding carboxylic acids is 2. The largest absolute Gasteiger partial charge is 0.496 e. The van der Waals surface area contributed by atoms with Gasteiger partial charge < -0.3 is 19.8 Å². The molecule has 0 spiro atoms. The Bertz CT molecular complexity index is 1250. The summed E-state index contributed by atoms with van der Waals surface area (Å²) in [7, 11) is -2.08. The molecule has 172 valence electrons. The van der Waals surface area contributed by atoms with Crippen molar-refractivity contribution in [1.82, 2.24) is 9.29 Å². The van der Waals surface area contributed by atoms with E-state index in [0.29, 0.717) is 41.5 Å². The number of oxazole rings is 1. The number of anilines is 2. The molecule has 2 heterocycles. The molecule has 0 unspecified atom stereocenters. The summed E-state index contributed by atoms with van der Waals surface area (Å²) < 4.78 is 37.2. The molecule has 2 amide bonds. The molecule has 2 aromatic carbocycles. The molecule has 2 N–H and O–H groups in total. The number of nitrogens with one attached hydrogen (secondary N) is 2. The van der Waals surface area contributed by atoms with Crippen LogP contribution in [0.2, 0.25) is 0 Å². The molecule has 4 rings (SSSR count). The van der Waals surface area contributed by atoms with Crippen molar-refractivity contribution in [2.24, 2.45) is 0 Å². The van der Waals surface area contributed by atoms with Gasteiger partial charge in [-0.25, -0.2) is 13.4 Å². The fraction of sp³-hybridized carbons (Fsp3) is 0.227. The van der Waals surface area contributed by atoms with Gasteiger partial charge in [-0.1, -0.05) is 0 Å². The predicted octanol–water partition coefficient (Wildman–Crippen LogP) is 2.71. The Morgan fingerprint density at radius 1 is 1.00 bits per heavy atom. The van der Waals surface area contributed by atoms with E-state index in [1.165, 1.54) is 48.3 Å². The van der Waals surface area contributed by atoms with E-state index in [1.54, 1.807) is 18.2 Å². The van der Waals surface area contributed by atoms with Crippen molar-refractivity contribution >= 4 is 33.2 Å². The normalized spacial score (nSPS) is 14.1. The Balaban J connectivity index is 1.40. The fourth-order valence-corrected chi connectivity index (χ4v) is 5.00. The Morgan fingerprint density at radius 3 is 2.24 bits per heavy atom. The second kappa shape index (κ2) is 9.43. The molecular weight excluding hydrogens is 448 g/mol. The van der Waals surface area contributed by atoms with Crippen molar-refractivity contribution in [3.05, 3.63) is 55.1 Å². The number of carbonyl (C=O) groups is 2. The van der Waals surface area contributed by atoms with Crippen LogP contribution in [0.25, 0.3) is 11.3 Å². The lowest BCUT2D eigenvalue weighted by Crippen LogP contribution is -2.29. The van der Waals surface area contributed by atoms with Gasteiger partial charge in [-0.15, -0.1) is 0 Å². The minimum atomic E-state index is -3.55. The van der Waals surface area contributed by atoms with Crippen LogP contribution in [0.1, 0.15) is 12.8 Å². The lowest BCUT2D eigenvalue weighted by atomic mass is 10.1. The molecule has 10 nitrogen and oxygen atoms in total. The van der Waals surface area contributed by atoms with E-state index in [1.807, 2.05) is 0 Å². The van der Waals surface area contributed by atoms with Crippen molar-refractivity contribution < 1.29 is 27.2 Å². The lowest BCUT2D eigenvalue weighted by Gasteiger charge is -2.15. The summed E-state index contributed by atoms with van der Waals surface area (Å²) in [6.07, 6.45) is 4.52. The standard InChI is InChI=1S/C22H22N4O6S/c1-31-19-12-16(6-9-18(19)20-13-23-14-32-20)25-22(28)21(27)24-15-4-7-17(8-5-15)33(29,30)26-10-2-3-11-26/h4-9,12-14H,2-3,10-11H2,1H3,(H,24,27)(H,25,28). The minimum absolute atomic E-state index is 0.144. The van der Waals surface area contributed by atoms with E-state index >= 15 is 0 Å². The van der Waals surface area contributed by atoms with Crippen molar-refractivity contribution in [3.63, 3.8) is 0 Å². The number of amides is 2. The van der Waals surface area contributed by atoms with Gasteiger partial charge in [-0.05, 0) is 49.2 Å². The van der Waals surface area contributed by atoms with E-state index in [4.69, 9.17) is 9.15 Å². The Hall–Kier alpha value is -3.70. The predicted molar refractivity (Wildman–Crippen MR) is 120 cm³/mol. The van der Waals surface area contributed by atoms with Gasteiger partial charge >= 0.3 is 11.8 Å². The molecule has 0 saturated carbocycles. The number of sulfonamides is 1. The molecule has 11 heteroatoms. The van der Waals surface area contributed by atoms with Crippen molar-refractivity contribution in [2.45, 2.75) is 17.7 Å². The maximum atomic E-state index is 12.6. The van der Waals surface area contributed by atoms with Gasteiger partial charge in [0.15, 0.2) is 12.2 Å². The van der Waals surface area contributed by atoms with Crippen LogP contribution in [0.5, 0.6) is 5.75 Å². The molecule has 0 bridgehead atoms. The number of nitrogens with zero attached hydrogens (tertiary/aromatic N) is 2. The highest BCUT2D eigenvalue weighted by atomic mass is 32.2. The molecule has 0 radical (unpaired) electrons. The first-order valence-corrected chi connectivity index (χ1v) is 11.6. The van der Waals surface area contributed by atoms with Crippen LogP contribution in [0.15, 0.2) is 64.4 Å². The third-order valence-corrected chi connectivity index (χ3v) is 7.09. The van der Waals surface area contributed by atoms with Gasteiger partial charge in [0, 0.05) is 30.5 Å². The van der Waals surface area contributed by atoms with Gasteiger partial charge in [0.25, 0.3) is 0 Å². The second-order valence-electron chi connectivity index (χ2n) is 7.32. The molecule has 1 aromatic heterocycles. The van der Waals surface area contributed by atoms with Gasteiger partial charge in [0.1, 0.15) is 5.75 Å². The molecular formula is C22H22N4O6S. The maximum Gasteiger partial charge on any atom is 0.314 e. The molecule has 1 aliphatic heterocycles.